The summed E-state index contributed by atoms with van der Waals surface area (Å²) < 4.78 is 0. The lowest BCUT2D eigenvalue weighted by atomic mass is 9.90. The zero-order valence-electron chi connectivity index (χ0n) is 5.65. The summed E-state index contributed by atoms with van der Waals surface area (Å²) in [6, 6.07) is 0. The third-order valence-electron chi connectivity index (χ3n) is 1.31. The summed E-state index contributed by atoms with van der Waals surface area (Å²) in [5.41, 5.74) is 0.106. The van der Waals surface area contributed by atoms with Gasteiger partial charge in [-0.05, 0) is 11.8 Å². The first kappa shape index (κ1) is 7.70. The molecule has 0 amide bonds. The number of rotatable bonds is 3. The van der Waals surface area contributed by atoms with Crippen LogP contribution in [0.1, 0.15) is 20.3 Å². The molecule has 0 aliphatic heterocycles. The van der Waals surface area contributed by atoms with Gasteiger partial charge in [0.2, 0.25) is 0 Å². The summed E-state index contributed by atoms with van der Waals surface area (Å²) in [5.74, 6) is 0. The monoisotopic (exact) mass is 114 g/mol. The highest BCUT2D eigenvalue weighted by Crippen LogP contribution is 2.19. The zero-order chi connectivity index (χ0) is 6.62. The van der Waals surface area contributed by atoms with E-state index in [0.29, 0.717) is 0 Å². The predicted octanol–water partition coefficient (Wildman–Crippen LogP) is 1.58. The average Bonchev–Trinajstić information content (AvgIpc) is 1.67. The lowest BCUT2D eigenvalue weighted by Crippen LogP contribution is -2.08. The van der Waals surface area contributed by atoms with Crippen molar-refractivity contribution in [2.45, 2.75) is 20.3 Å². The van der Waals surface area contributed by atoms with Crippen molar-refractivity contribution in [1.29, 1.82) is 0 Å². The Labute approximate surface area is 51.0 Å². The Balaban J connectivity index is 3.53. The van der Waals surface area contributed by atoms with Gasteiger partial charge in [0.25, 0.3) is 0 Å². The van der Waals surface area contributed by atoms with E-state index in [1.807, 2.05) is 6.08 Å². The molecule has 1 N–H and O–H groups in total. The highest BCUT2D eigenvalue weighted by Gasteiger charge is 2.10. The molecule has 0 aromatic heterocycles. The number of hydrogen-bond donors (Lipinski definition) is 1. The third-order valence-corrected chi connectivity index (χ3v) is 1.31. The molecule has 0 bridgehead atoms. The van der Waals surface area contributed by atoms with Gasteiger partial charge in [0, 0.05) is 6.61 Å². The van der Waals surface area contributed by atoms with E-state index in [9.17, 15) is 0 Å². The van der Waals surface area contributed by atoms with Crippen molar-refractivity contribution < 1.29 is 5.11 Å². The van der Waals surface area contributed by atoms with Crippen LogP contribution in [0.15, 0.2) is 12.7 Å². The van der Waals surface area contributed by atoms with E-state index in [0.717, 1.165) is 6.42 Å². The smallest absolute Gasteiger partial charge is 0.0439 e. The molecule has 8 heavy (non-hydrogen) atoms. The molecule has 1 nitrogen and oxygen atoms in total. The van der Waals surface area contributed by atoms with Gasteiger partial charge in [0.1, 0.15) is 0 Å². The second-order valence-electron chi connectivity index (χ2n) is 2.67. The van der Waals surface area contributed by atoms with Crippen LogP contribution in [0.25, 0.3) is 0 Å². The predicted molar refractivity (Wildman–Crippen MR) is 35.7 cm³/mol. The topological polar surface area (TPSA) is 20.2 Å². The van der Waals surface area contributed by atoms with Crippen LogP contribution in [0.4, 0.5) is 0 Å². The van der Waals surface area contributed by atoms with Crippen LogP contribution in [0.2, 0.25) is 0 Å². The molecular formula is C7H14O. The van der Waals surface area contributed by atoms with Gasteiger partial charge in [-0.1, -0.05) is 19.9 Å². The van der Waals surface area contributed by atoms with Crippen LogP contribution in [-0.2, 0) is 0 Å². The first-order valence-corrected chi connectivity index (χ1v) is 2.87. The maximum atomic E-state index is 8.49. The third kappa shape index (κ3) is 2.80. The van der Waals surface area contributed by atoms with E-state index in [2.05, 4.69) is 20.4 Å². The van der Waals surface area contributed by atoms with Crippen LogP contribution in [0, 0.1) is 5.41 Å². The molecule has 0 heterocycles. The minimum absolute atomic E-state index is 0.106. The largest absolute Gasteiger partial charge is 0.396 e. The summed E-state index contributed by atoms with van der Waals surface area (Å²) in [5, 5.41) is 8.49. The Morgan fingerprint density at radius 1 is 1.62 bits per heavy atom. The Bertz CT molecular complexity index is 74.5. The van der Waals surface area contributed by atoms with Crippen LogP contribution in [-0.4, -0.2) is 11.7 Å². The van der Waals surface area contributed by atoms with E-state index in [4.69, 9.17) is 5.11 Å². The van der Waals surface area contributed by atoms with Crippen LogP contribution < -0.4 is 0 Å². The van der Waals surface area contributed by atoms with Gasteiger partial charge in [0.05, 0.1) is 0 Å². The molecule has 0 rings (SSSR count). The van der Waals surface area contributed by atoms with Gasteiger partial charge >= 0.3 is 0 Å². The Hall–Kier alpha value is -0.300. The fourth-order valence-electron chi connectivity index (χ4n) is 0.390. The first-order chi connectivity index (χ1) is 3.62. The lowest BCUT2D eigenvalue weighted by Gasteiger charge is -2.16. The molecule has 0 saturated heterocycles. The second-order valence-corrected chi connectivity index (χ2v) is 2.67. The maximum absolute atomic E-state index is 8.49. The standard InChI is InChI=1S/C7H14O/c1-4-7(2,3)5-6-8/h4,8H,1,5-6H2,2-3H3. The molecule has 0 aliphatic carbocycles. The maximum Gasteiger partial charge on any atom is 0.0439 e. The van der Waals surface area contributed by atoms with Crippen molar-refractivity contribution in [2.75, 3.05) is 6.61 Å². The van der Waals surface area contributed by atoms with Crippen LogP contribution in [0.3, 0.4) is 0 Å². The van der Waals surface area contributed by atoms with Crippen molar-refractivity contribution in [3.8, 4) is 0 Å². The Morgan fingerprint density at radius 3 is 2.25 bits per heavy atom. The lowest BCUT2D eigenvalue weighted by molar-refractivity contribution is 0.241. The number of aliphatic hydroxyl groups is 1. The molecule has 0 fully saturated rings. The summed E-state index contributed by atoms with van der Waals surface area (Å²) >= 11 is 0. The molecule has 1 heteroatoms. The van der Waals surface area contributed by atoms with Crippen molar-refractivity contribution in [1.82, 2.24) is 0 Å². The van der Waals surface area contributed by atoms with Gasteiger partial charge in [-0.2, -0.15) is 0 Å². The Kier molecular flexibility index (Phi) is 2.77. The van der Waals surface area contributed by atoms with Crippen molar-refractivity contribution >= 4 is 0 Å². The minimum Gasteiger partial charge on any atom is -0.396 e. The molecule has 0 unspecified atom stereocenters. The van der Waals surface area contributed by atoms with E-state index in [1.165, 1.54) is 0 Å². The first-order valence-electron chi connectivity index (χ1n) is 2.87. The molecule has 48 valence electrons. The van der Waals surface area contributed by atoms with E-state index >= 15 is 0 Å². The van der Waals surface area contributed by atoms with Crippen molar-refractivity contribution in [3.63, 3.8) is 0 Å². The molecule has 0 aromatic carbocycles. The van der Waals surface area contributed by atoms with Gasteiger partial charge in [-0.25, -0.2) is 0 Å². The summed E-state index contributed by atoms with van der Waals surface area (Å²) in [6.45, 7) is 7.99. The molecule has 0 spiro atoms. The van der Waals surface area contributed by atoms with Crippen LogP contribution >= 0.6 is 0 Å². The van der Waals surface area contributed by atoms with Gasteiger partial charge in [-0.15, -0.1) is 6.58 Å². The van der Waals surface area contributed by atoms with E-state index in [1.54, 1.807) is 0 Å². The molecule has 0 saturated carbocycles. The SMILES string of the molecule is C=CC(C)(C)CCO. The van der Waals surface area contributed by atoms with Crippen molar-refractivity contribution in [3.05, 3.63) is 12.7 Å². The normalized spacial score (nSPS) is 11.4. The van der Waals surface area contributed by atoms with E-state index in [-0.39, 0.29) is 12.0 Å². The fourth-order valence-corrected chi connectivity index (χ4v) is 0.390. The zero-order valence-corrected chi connectivity index (χ0v) is 5.65. The minimum atomic E-state index is 0.106. The van der Waals surface area contributed by atoms with Gasteiger partial charge in [-0.3, -0.25) is 0 Å². The van der Waals surface area contributed by atoms with Gasteiger partial charge in [0.15, 0.2) is 0 Å². The molecule has 0 radical (unpaired) electrons. The van der Waals surface area contributed by atoms with Crippen LogP contribution in [0.5, 0.6) is 0 Å². The number of aliphatic hydroxyl groups excluding tert-OH is 1. The summed E-state index contributed by atoms with van der Waals surface area (Å²) in [6.07, 6.45) is 2.67. The van der Waals surface area contributed by atoms with E-state index < -0.39 is 0 Å². The highest BCUT2D eigenvalue weighted by molar-refractivity contribution is 4.86. The molecule has 0 aromatic rings. The highest BCUT2D eigenvalue weighted by atomic mass is 16.3. The number of allylic oxidation sites excluding steroid dienone is 1. The average molecular weight is 114 g/mol. The fraction of sp³-hybridized carbons (Fsp3) is 0.714. The Morgan fingerprint density at radius 2 is 2.12 bits per heavy atom. The second kappa shape index (κ2) is 2.88. The summed E-state index contributed by atoms with van der Waals surface area (Å²) in [4.78, 5) is 0. The number of hydrogen-bond acceptors (Lipinski definition) is 1. The van der Waals surface area contributed by atoms with Gasteiger partial charge < -0.3 is 5.11 Å². The summed E-state index contributed by atoms with van der Waals surface area (Å²) in [7, 11) is 0. The molecule has 0 atom stereocenters. The van der Waals surface area contributed by atoms with Crippen molar-refractivity contribution in [2.24, 2.45) is 5.41 Å². The molecule has 0 aliphatic rings. The quantitative estimate of drug-likeness (QED) is 0.552. The molecular weight excluding hydrogens is 100 g/mol.